The summed E-state index contributed by atoms with van der Waals surface area (Å²) in [5.41, 5.74) is 5.59. The van der Waals surface area contributed by atoms with Crippen molar-refractivity contribution in [1.29, 1.82) is 0 Å². The topological polar surface area (TPSA) is 109 Å². The minimum Gasteiger partial charge on any atom is -0.483 e. The van der Waals surface area contributed by atoms with E-state index in [0.29, 0.717) is 30.3 Å². The van der Waals surface area contributed by atoms with E-state index in [9.17, 15) is 4.79 Å². The smallest absolute Gasteiger partial charge is 0.248 e. The molecule has 0 unspecified atom stereocenters. The highest BCUT2D eigenvalue weighted by atomic mass is 16.5. The van der Waals surface area contributed by atoms with Crippen LogP contribution >= 0.6 is 0 Å². The number of benzene rings is 1. The number of hydrogen-bond acceptors (Lipinski definition) is 7. The molecule has 0 fully saturated rings. The van der Waals surface area contributed by atoms with Gasteiger partial charge in [0.05, 0.1) is 11.9 Å². The lowest BCUT2D eigenvalue weighted by molar-refractivity contribution is -0.111. The van der Waals surface area contributed by atoms with Gasteiger partial charge in [-0.2, -0.15) is 0 Å². The van der Waals surface area contributed by atoms with Gasteiger partial charge in [-0.3, -0.25) is 9.78 Å². The van der Waals surface area contributed by atoms with Crippen LogP contribution in [0.4, 0.5) is 5.69 Å². The van der Waals surface area contributed by atoms with Crippen LogP contribution in [-0.2, 0) is 11.4 Å². The lowest BCUT2D eigenvalue weighted by Gasteiger charge is -2.10. The highest BCUT2D eigenvalue weighted by molar-refractivity contribution is 6.00. The molecule has 5 aromatic rings. The van der Waals surface area contributed by atoms with Gasteiger partial charge < -0.3 is 19.9 Å². The van der Waals surface area contributed by atoms with Crippen LogP contribution in [0.1, 0.15) is 5.69 Å². The van der Waals surface area contributed by atoms with Gasteiger partial charge in [-0.15, -0.1) is 0 Å². The van der Waals surface area contributed by atoms with Gasteiger partial charge in [0.25, 0.3) is 0 Å². The zero-order valence-electron chi connectivity index (χ0n) is 21.1. The first-order valence-electron chi connectivity index (χ1n) is 12.1. The maximum Gasteiger partial charge on any atom is 0.248 e. The second-order valence-electron chi connectivity index (χ2n) is 8.90. The van der Waals surface area contributed by atoms with Crippen LogP contribution in [0.2, 0.25) is 0 Å². The van der Waals surface area contributed by atoms with Crippen LogP contribution in [0.3, 0.4) is 0 Å². The second-order valence-corrected chi connectivity index (χ2v) is 8.90. The third kappa shape index (κ3) is 5.91. The second kappa shape index (κ2) is 11.4. The van der Waals surface area contributed by atoms with Crippen molar-refractivity contribution in [2.45, 2.75) is 6.61 Å². The normalized spacial score (nSPS) is 11.3. The molecular weight excluding hydrogens is 478 g/mol. The molecular formula is C29H27N7O2. The summed E-state index contributed by atoms with van der Waals surface area (Å²) in [5.74, 6) is 0.379. The molecule has 9 heteroatoms. The van der Waals surface area contributed by atoms with E-state index in [1.165, 1.54) is 6.33 Å². The summed E-state index contributed by atoms with van der Waals surface area (Å²) >= 11 is 0. The number of ether oxygens (including phenoxy) is 1. The molecule has 0 saturated heterocycles. The third-order valence-electron chi connectivity index (χ3n) is 5.77. The van der Waals surface area contributed by atoms with Gasteiger partial charge in [0, 0.05) is 53.4 Å². The number of aromatic nitrogens is 5. The summed E-state index contributed by atoms with van der Waals surface area (Å²) < 4.78 is 6.03. The summed E-state index contributed by atoms with van der Waals surface area (Å²) in [6.07, 6.45) is 11.9. The molecule has 9 nitrogen and oxygen atoms in total. The van der Waals surface area contributed by atoms with E-state index >= 15 is 0 Å². The Morgan fingerprint density at radius 3 is 2.82 bits per heavy atom. The standard InChI is InChI=1S/C29H27N7O2/c1-36(2)12-6-10-27(37)35-22-9-5-7-20(13-22)21-14-24-25(16-33-29(24)32-15-21)28-26(17-30-19-34-28)38-18-23-8-3-4-11-31-23/h3-11,13-17,19H,12,18H2,1-2H3,(H,32,33)(H,35,37)/b10-6+. The predicted molar refractivity (Wildman–Crippen MR) is 147 cm³/mol. The first-order chi connectivity index (χ1) is 18.6. The van der Waals surface area contributed by atoms with E-state index in [0.717, 1.165) is 33.4 Å². The molecule has 0 aliphatic carbocycles. The highest BCUT2D eigenvalue weighted by Gasteiger charge is 2.15. The number of H-pyrrole nitrogens is 1. The number of carbonyl (C=O) groups excluding carboxylic acids is 1. The number of carbonyl (C=O) groups is 1. The number of anilines is 1. The molecule has 0 radical (unpaired) electrons. The Kier molecular flexibility index (Phi) is 7.47. The zero-order chi connectivity index (χ0) is 26.3. The molecule has 0 bridgehead atoms. The first-order valence-corrected chi connectivity index (χ1v) is 12.1. The van der Waals surface area contributed by atoms with Crippen LogP contribution in [0.25, 0.3) is 33.4 Å². The van der Waals surface area contributed by atoms with Gasteiger partial charge in [0.1, 0.15) is 24.3 Å². The molecule has 2 N–H and O–H groups in total. The quantitative estimate of drug-likeness (QED) is 0.279. The van der Waals surface area contributed by atoms with Gasteiger partial charge >= 0.3 is 0 Å². The van der Waals surface area contributed by atoms with Gasteiger partial charge in [-0.05, 0) is 50.0 Å². The van der Waals surface area contributed by atoms with E-state index in [1.54, 1.807) is 24.7 Å². The molecule has 0 aliphatic rings. The van der Waals surface area contributed by atoms with E-state index < -0.39 is 0 Å². The number of hydrogen-bond donors (Lipinski definition) is 2. The van der Waals surface area contributed by atoms with Crippen LogP contribution < -0.4 is 10.1 Å². The predicted octanol–water partition coefficient (Wildman–Crippen LogP) is 4.72. The number of aromatic amines is 1. The van der Waals surface area contributed by atoms with Crippen LogP contribution in [0.15, 0.2) is 91.8 Å². The molecule has 0 aliphatic heterocycles. The zero-order valence-corrected chi connectivity index (χ0v) is 21.1. The number of likely N-dealkylation sites (N-methyl/N-ethyl adjacent to an activating group) is 1. The molecule has 0 atom stereocenters. The highest BCUT2D eigenvalue weighted by Crippen LogP contribution is 2.35. The summed E-state index contributed by atoms with van der Waals surface area (Å²) in [7, 11) is 3.90. The van der Waals surface area contributed by atoms with Crippen LogP contribution in [-0.4, -0.2) is 56.4 Å². The molecule has 1 amide bonds. The Morgan fingerprint density at radius 1 is 1.05 bits per heavy atom. The maximum absolute atomic E-state index is 12.3. The van der Waals surface area contributed by atoms with Crippen LogP contribution in [0, 0.1) is 0 Å². The van der Waals surface area contributed by atoms with Crippen molar-refractivity contribution in [3.63, 3.8) is 0 Å². The Morgan fingerprint density at radius 2 is 1.97 bits per heavy atom. The third-order valence-corrected chi connectivity index (χ3v) is 5.77. The number of rotatable bonds is 9. The summed E-state index contributed by atoms with van der Waals surface area (Å²) in [4.78, 5) is 35.1. The fourth-order valence-electron chi connectivity index (χ4n) is 3.95. The summed E-state index contributed by atoms with van der Waals surface area (Å²) in [6.45, 7) is 0.996. The molecule has 0 spiro atoms. The fraction of sp³-hybridized carbons (Fsp3) is 0.138. The van der Waals surface area contributed by atoms with Crippen molar-refractivity contribution in [3.8, 4) is 28.1 Å². The average molecular weight is 506 g/mol. The van der Waals surface area contributed by atoms with Crippen molar-refractivity contribution < 1.29 is 9.53 Å². The van der Waals surface area contributed by atoms with E-state index in [1.807, 2.05) is 73.7 Å². The number of fused-ring (bicyclic) bond motifs is 1. The summed E-state index contributed by atoms with van der Waals surface area (Å²) in [6, 6.07) is 15.4. The molecule has 4 heterocycles. The van der Waals surface area contributed by atoms with Gasteiger partial charge in [-0.25, -0.2) is 15.0 Å². The minimum atomic E-state index is -0.174. The van der Waals surface area contributed by atoms with Crippen LogP contribution in [0.5, 0.6) is 5.75 Å². The number of nitrogens with one attached hydrogen (secondary N) is 2. The SMILES string of the molecule is CN(C)C/C=C/C(=O)Nc1cccc(-c2cnc3[nH]cc(-c4ncncc4OCc4ccccn4)c3c2)c1. The Bertz CT molecular complexity index is 1580. The van der Waals surface area contributed by atoms with E-state index in [2.05, 4.69) is 36.3 Å². The average Bonchev–Trinajstić information content (AvgIpc) is 3.36. The largest absolute Gasteiger partial charge is 0.483 e. The molecule has 1 aromatic carbocycles. The molecule has 0 saturated carbocycles. The van der Waals surface area contributed by atoms with Gasteiger partial charge in [-0.1, -0.05) is 24.3 Å². The number of amides is 1. The van der Waals surface area contributed by atoms with Gasteiger partial charge in [0.2, 0.25) is 5.91 Å². The van der Waals surface area contributed by atoms with Crippen molar-refractivity contribution in [2.24, 2.45) is 0 Å². The van der Waals surface area contributed by atoms with Crippen molar-refractivity contribution in [2.75, 3.05) is 26.0 Å². The lowest BCUT2D eigenvalue weighted by atomic mass is 10.0. The van der Waals surface area contributed by atoms with E-state index in [-0.39, 0.29) is 5.91 Å². The van der Waals surface area contributed by atoms with Crippen molar-refractivity contribution >= 4 is 22.6 Å². The maximum atomic E-state index is 12.3. The van der Waals surface area contributed by atoms with Crippen molar-refractivity contribution in [1.82, 2.24) is 29.8 Å². The lowest BCUT2D eigenvalue weighted by Crippen LogP contribution is -2.12. The fourth-order valence-corrected chi connectivity index (χ4v) is 3.95. The number of pyridine rings is 2. The molecule has 4 aromatic heterocycles. The summed E-state index contributed by atoms with van der Waals surface area (Å²) in [5, 5.41) is 3.81. The van der Waals surface area contributed by atoms with Crippen molar-refractivity contribution in [3.05, 3.63) is 97.5 Å². The Balaban J connectivity index is 1.41. The monoisotopic (exact) mass is 505 g/mol. The number of nitrogens with zero attached hydrogens (tertiary/aromatic N) is 5. The molecule has 190 valence electrons. The minimum absolute atomic E-state index is 0.174. The first kappa shape index (κ1) is 24.8. The van der Waals surface area contributed by atoms with E-state index in [4.69, 9.17) is 4.74 Å². The Labute approximate surface area is 220 Å². The Hall–Kier alpha value is -4.89. The molecule has 5 rings (SSSR count). The molecule has 38 heavy (non-hydrogen) atoms. The van der Waals surface area contributed by atoms with Gasteiger partial charge in [0.15, 0.2) is 5.75 Å².